The number of carbonyl (C=O) groups is 1. The smallest absolute Gasteiger partial charge is 0.377 e. The maximum Gasteiger partial charge on any atom is 0.416 e. The van der Waals surface area contributed by atoms with Crippen LogP contribution in [0, 0.1) is 0 Å². The maximum absolute atomic E-state index is 13.0. The summed E-state index contributed by atoms with van der Waals surface area (Å²) in [6.07, 6.45) is -2.88. The lowest BCUT2D eigenvalue weighted by Gasteiger charge is -2.13. The lowest BCUT2D eigenvalue weighted by Crippen LogP contribution is -2.32. The maximum atomic E-state index is 13.0. The van der Waals surface area contributed by atoms with E-state index in [1.54, 1.807) is 0 Å². The summed E-state index contributed by atoms with van der Waals surface area (Å²) in [5.41, 5.74) is -0.425. The number of hydrogen-bond acceptors (Lipinski definition) is 4. The number of benzene rings is 2. The number of sulfonamides is 1. The van der Waals surface area contributed by atoms with Crippen molar-refractivity contribution >= 4 is 15.9 Å². The largest absolute Gasteiger partial charge is 0.416 e. The molecular weight excluding hydrogens is 433 g/mol. The number of carbonyl (C=O) groups excluding carboxylic acids is 1. The minimum absolute atomic E-state index is 0.00885. The molecule has 0 saturated carbocycles. The number of ether oxygens (including phenoxy) is 1. The van der Waals surface area contributed by atoms with Crippen LogP contribution in [0.5, 0.6) is 0 Å². The third kappa shape index (κ3) is 6.28. The summed E-state index contributed by atoms with van der Waals surface area (Å²) in [5, 5.41) is 2.56. The van der Waals surface area contributed by atoms with Gasteiger partial charge in [0.25, 0.3) is 5.91 Å². The van der Waals surface area contributed by atoms with Crippen LogP contribution in [0.3, 0.4) is 0 Å². The van der Waals surface area contributed by atoms with Gasteiger partial charge < -0.3 is 10.1 Å². The van der Waals surface area contributed by atoms with Crippen molar-refractivity contribution in [2.45, 2.75) is 36.4 Å². The second-order valence-corrected chi connectivity index (χ2v) is 8.94. The monoisotopic (exact) mass is 456 g/mol. The van der Waals surface area contributed by atoms with E-state index in [1.165, 1.54) is 42.5 Å². The molecule has 0 bridgehead atoms. The standard InChI is InChI=1S/C21H23F3N2O4S/c22-21(23,24)19-6-2-1-4-15(19)11-12-25-20(27)16-7-9-18(10-8-16)31(28,29)26-14-17-5-3-13-30-17/h1-2,4,6-10,17,26H,3,5,11-14H2,(H,25,27). The van der Waals surface area contributed by atoms with Crippen LogP contribution in [0.4, 0.5) is 13.2 Å². The van der Waals surface area contributed by atoms with Crippen molar-refractivity contribution < 1.29 is 31.1 Å². The van der Waals surface area contributed by atoms with Crippen LogP contribution >= 0.6 is 0 Å². The third-order valence-electron chi connectivity index (χ3n) is 4.95. The van der Waals surface area contributed by atoms with E-state index in [0.717, 1.165) is 18.9 Å². The second kappa shape index (κ2) is 9.80. The molecule has 2 aromatic rings. The van der Waals surface area contributed by atoms with Crippen molar-refractivity contribution in [3.63, 3.8) is 0 Å². The highest BCUT2D eigenvalue weighted by molar-refractivity contribution is 7.89. The van der Waals surface area contributed by atoms with Gasteiger partial charge in [-0.3, -0.25) is 4.79 Å². The van der Waals surface area contributed by atoms with Gasteiger partial charge in [-0.15, -0.1) is 0 Å². The van der Waals surface area contributed by atoms with Gasteiger partial charge in [-0.1, -0.05) is 18.2 Å². The molecule has 1 saturated heterocycles. The molecule has 31 heavy (non-hydrogen) atoms. The van der Waals surface area contributed by atoms with Crippen molar-refractivity contribution in [3.8, 4) is 0 Å². The van der Waals surface area contributed by atoms with E-state index in [4.69, 9.17) is 4.74 Å². The fourth-order valence-electron chi connectivity index (χ4n) is 3.30. The highest BCUT2D eigenvalue weighted by Crippen LogP contribution is 2.31. The van der Waals surface area contributed by atoms with Crippen LogP contribution in [-0.4, -0.2) is 40.1 Å². The first kappa shape index (κ1) is 23.2. The third-order valence-corrected chi connectivity index (χ3v) is 6.39. The van der Waals surface area contributed by atoms with E-state index in [1.807, 2.05) is 0 Å². The first-order chi connectivity index (χ1) is 14.7. The fraction of sp³-hybridized carbons (Fsp3) is 0.381. The van der Waals surface area contributed by atoms with Crippen molar-refractivity contribution in [2.24, 2.45) is 0 Å². The van der Waals surface area contributed by atoms with Crippen LogP contribution in [0.1, 0.15) is 34.3 Å². The van der Waals surface area contributed by atoms with E-state index < -0.39 is 27.7 Å². The first-order valence-electron chi connectivity index (χ1n) is 9.81. The zero-order valence-corrected chi connectivity index (χ0v) is 17.4. The summed E-state index contributed by atoms with van der Waals surface area (Å²) < 4.78 is 71.7. The lowest BCUT2D eigenvalue weighted by atomic mass is 10.0. The summed E-state index contributed by atoms with van der Waals surface area (Å²) in [4.78, 5) is 12.3. The first-order valence-corrected chi connectivity index (χ1v) is 11.3. The normalized spacial score (nSPS) is 16.9. The summed E-state index contributed by atoms with van der Waals surface area (Å²) in [6, 6.07) is 10.5. The number of rotatable bonds is 8. The molecule has 1 aliphatic rings. The Bertz CT molecular complexity index is 1000. The van der Waals surface area contributed by atoms with Crippen LogP contribution in [0.2, 0.25) is 0 Å². The van der Waals surface area contributed by atoms with Gasteiger partial charge in [0.1, 0.15) is 0 Å². The van der Waals surface area contributed by atoms with Crippen LogP contribution in [-0.2, 0) is 27.4 Å². The molecule has 0 aliphatic carbocycles. The Morgan fingerprint density at radius 2 is 1.81 bits per heavy atom. The van der Waals surface area contributed by atoms with Gasteiger partial charge in [-0.05, 0) is 55.2 Å². The molecular formula is C21H23F3N2O4S. The Morgan fingerprint density at radius 3 is 2.45 bits per heavy atom. The average Bonchev–Trinajstić information content (AvgIpc) is 3.26. The topological polar surface area (TPSA) is 84.5 Å². The second-order valence-electron chi connectivity index (χ2n) is 7.17. The van der Waals surface area contributed by atoms with E-state index in [2.05, 4.69) is 10.0 Å². The van der Waals surface area contributed by atoms with Gasteiger partial charge >= 0.3 is 6.18 Å². The van der Waals surface area contributed by atoms with Gasteiger partial charge in [0.2, 0.25) is 10.0 Å². The zero-order valence-electron chi connectivity index (χ0n) is 16.6. The van der Waals surface area contributed by atoms with Crippen molar-refractivity contribution in [2.75, 3.05) is 19.7 Å². The molecule has 0 spiro atoms. The molecule has 2 N–H and O–H groups in total. The molecule has 6 nitrogen and oxygen atoms in total. The Morgan fingerprint density at radius 1 is 1.10 bits per heavy atom. The molecule has 1 aliphatic heterocycles. The Labute approximate surface area is 178 Å². The Kier molecular flexibility index (Phi) is 7.34. The quantitative estimate of drug-likeness (QED) is 0.639. The molecule has 2 aromatic carbocycles. The van der Waals surface area contributed by atoms with Crippen molar-refractivity contribution in [1.29, 1.82) is 0 Å². The predicted octanol–water partition coefficient (Wildman–Crippen LogP) is 3.14. The molecule has 10 heteroatoms. The van der Waals surface area contributed by atoms with Crippen molar-refractivity contribution in [1.82, 2.24) is 10.0 Å². The van der Waals surface area contributed by atoms with E-state index in [0.29, 0.717) is 6.61 Å². The van der Waals surface area contributed by atoms with Gasteiger partial charge in [0.15, 0.2) is 0 Å². The van der Waals surface area contributed by atoms with E-state index in [9.17, 15) is 26.4 Å². The molecule has 3 rings (SSSR count). The number of amides is 1. The number of halogens is 3. The number of hydrogen-bond donors (Lipinski definition) is 2. The molecule has 0 radical (unpaired) electrons. The van der Waals surface area contributed by atoms with Gasteiger partial charge in [0, 0.05) is 25.3 Å². The molecule has 0 aromatic heterocycles. The highest BCUT2D eigenvalue weighted by Gasteiger charge is 2.32. The fourth-order valence-corrected chi connectivity index (χ4v) is 4.37. The summed E-state index contributed by atoms with van der Waals surface area (Å²) in [6.45, 7) is 0.816. The van der Waals surface area contributed by atoms with Gasteiger partial charge in [-0.2, -0.15) is 13.2 Å². The molecule has 1 atom stereocenters. The SMILES string of the molecule is O=C(NCCc1ccccc1C(F)(F)F)c1ccc(S(=O)(=O)NCC2CCCO2)cc1. The van der Waals surface area contributed by atoms with E-state index in [-0.39, 0.29) is 41.6 Å². The molecule has 1 unspecified atom stereocenters. The van der Waals surface area contributed by atoms with Crippen LogP contribution < -0.4 is 10.0 Å². The summed E-state index contributed by atoms with van der Waals surface area (Å²) in [5.74, 6) is -0.499. The number of alkyl halides is 3. The van der Waals surface area contributed by atoms with Gasteiger partial charge in [0.05, 0.1) is 16.6 Å². The van der Waals surface area contributed by atoms with E-state index >= 15 is 0 Å². The van der Waals surface area contributed by atoms with Crippen molar-refractivity contribution in [3.05, 3.63) is 65.2 Å². The molecule has 1 heterocycles. The number of nitrogens with one attached hydrogen (secondary N) is 2. The molecule has 1 amide bonds. The molecule has 1 fully saturated rings. The highest BCUT2D eigenvalue weighted by atomic mass is 32.2. The summed E-state index contributed by atoms with van der Waals surface area (Å²) >= 11 is 0. The lowest BCUT2D eigenvalue weighted by molar-refractivity contribution is -0.138. The Hall–Kier alpha value is -2.43. The van der Waals surface area contributed by atoms with Gasteiger partial charge in [-0.25, -0.2) is 13.1 Å². The zero-order chi connectivity index (χ0) is 22.5. The molecule has 168 valence electrons. The minimum atomic E-state index is -4.46. The minimum Gasteiger partial charge on any atom is -0.377 e. The Balaban J connectivity index is 1.55. The predicted molar refractivity (Wildman–Crippen MR) is 108 cm³/mol. The summed E-state index contributed by atoms with van der Waals surface area (Å²) in [7, 11) is -3.73. The average molecular weight is 456 g/mol. The van der Waals surface area contributed by atoms with Crippen LogP contribution in [0.15, 0.2) is 53.4 Å². The van der Waals surface area contributed by atoms with Crippen LogP contribution in [0.25, 0.3) is 0 Å².